The Kier molecular flexibility index (Phi) is 4.42. The Morgan fingerprint density at radius 1 is 1.30 bits per heavy atom. The van der Waals surface area contributed by atoms with Crippen LogP contribution in [0.25, 0.3) is 0 Å². The number of hydrogen-bond acceptors (Lipinski definition) is 2. The SMILES string of the molecule is Cc1cc(C)c(CCNC(=O)C2CCC(=O)N2)c(C)c1. The lowest BCUT2D eigenvalue weighted by molar-refractivity contribution is -0.125. The molecule has 2 rings (SSSR count). The maximum absolute atomic E-state index is 11.9. The highest BCUT2D eigenvalue weighted by Crippen LogP contribution is 2.16. The van der Waals surface area contributed by atoms with Crippen molar-refractivity contribution in [1.82, 2.24) is 10.6 Å². The highest BCUT2D eigenvalue weighted by atomic mass is 16.2. The van der Waals surface area contributed by atoms with Gasteiger partial charge in [-0.15, -0.1) is 0 Å². The molecule has 2 N–H and O–H groups in total. The van der Waals surface area contributed by atoms with E-state index >= 15 is 0 Å². The highest BCUT2D eigenvalue weighted by Gasteiger charge is 2.26. The summed E-state index contributed by atoms with van der Waals surface area (Å²) in [5.74, 6) is -0.103. The lowest BCUT2D eigenvalue weighted by Crippen LogP contribution is -2.42. The Bertz CT molecular complexity index is 514. The molecule has 0 saturated carbocycles. The van der Waals surface area contributed by atoms with Gasteiger partial charge in [-0.25, -0.2) is 0 Å². The Labute approximate surface area is 119 Å². The van der Waals surface area contributed by atoms with Gasteiger partial charge in [0.25, 0.3) is 0 Å². The van der Waals surface area contributed by atoms with Crippen LogP contribution < -0.4 is 10.6 Å². The summed E-state index contributed by atoms with van der Waals surface area (Å²) in [6.07, 6.45) is 1.88. The van der Waals surface area contributed by atoms with Crippen molar-refractivity contribution < 1.29 is 9.59 Å². The van der Waals surface area contributed by atoms with Crippen molar-refractivity contribution in [3.63, 3.8) is 0 Å². The van der Waals surface area contributed by atoms with E-state index in [1.54, 1.807) is 0 Å². The van der Waals surface area contributed by atoms with Crippen molar-refractivity contribution >= 4 is 11.8 Å². The molecule has 1 fully saturated rings. The molecule has 0 aromatic heterocycles. The topological polar surface area (TPSA) is 58.2 Å². The summed E-state index contributed by atoms with van der Waals surface area (Å²) in [4.78, 5) is 23.0. The van der Waals surface area contributed by atoms with Gasteiger partial charge in [0.2, 0.25) is 11.8 Å². The summed E-state index contributed by atoms with van der Waals surface area (Å²) < 4.78 is 0. The van der Waals surface area contributed by atoms with Crippen molar-refractivity contribution in [3.8, 4) is 0 Å². The monoisotopic (exact) mass is 274 g/mol. The van der Waals surface area contributed by atoms with Crippen LogP contribution in [0, 0.1) is 20.8 Å². The maximum Gasteiger partial charge on any atom is 0.242 e. The van der Waals surface area contributed by atoms with E-state index in [2.05, 4.69) is 43.5 Å². The maximum atomic E-state index is 11.9. The molecule has 0 aliphatic carbocycles. The van der Waals surface area contributed by atoms with Crippen molar-refractivity contribution in [2.24, 2.45) is 0 Å². The summed E-state index contributed by atoms with van der Waals surface area (Å²) in [5, 5.41) is 5.59. The van der Waals surface area contributed by atoms with Gasteiger partial charge in [-0.1, -0.05) is 17.7 Å². The van der Waals surface area contributed by atoms with E-state index in [-0.39, 0.29) is 17.9 Å². The Morgan fingerprint density at radius 2 is 1.95 bits per heavy atom. The number of rotatable bonds is 4. The van der Waals surface area contributed by atoms with Gasteiger partial charge in [-0.3, -0.25) is 9.59 Å². The Balaban J connectivity index is 1.87. The average Bonchev–Trinajstić information content (AvgIpc) is 2.79. The van der Waals surface area contributed by atoms with Crippen LogP contribution in [0.4, 0.5) is 0 Å². The summed E-state index contributed by atoms with van der Waals surface area (Å²) in [7, 11) is 0. The van der Waals surface area contributed by atoms with Gasteiger partial charge in [0, 0.05) is 13.0 Å². The third-order valence-corrected chi connectivity index (χ3v) is 3.83. The molecular formula is C16H22N2O2. The molecular weight excluding hydrogens is 252 g/mol. The molecule has 2 amide bonds. The predicted molar refractivity (Wildman–Crippen MR) is 78.5 cm³/mol. The summed E-state index contributed by atoms with van der Waals surface area (Å²) in [6.45, 7) is 6.91. The highest BCUT2D eigenvalue weighted by molar-refractivity contribution is 5.90. The van der Waals surface area contributed by atoms with Gasteiger partial charge < -0.3 is 10.6 Å². The first-order chi connectivity index (χ1) is 9.47. The van der Waals surface area contributed by atoms with Crippen molar-refractivity contribution in [2.45, 2.75) is 46.1 Å². The standard InChI is InChI=1S/C16H22N2O2/c1-10-8-11(2)13(12(3)9-10)6-7-17-16(20)14-4-5-15(19)18-14/h8-9,14H,4-7H2,1-3H3,(H,17,20)(H,18,19). The largest absolute Gasteiger partial charge is 0.354 e. The summed E-state index contributed by atoms with van der Waals surface area (Å²) in [6, 6.07) is 3.99. The molecule has 1 heterocycles. The van der Waals surface area contributed by atoms with E-state index in [9.17, 15) is 9.59 Å². The first kappa shape index (κ1) is 14.6. The van der Waals surface area contributed by atoms with Crippen LogP contribution in [0.2, 0.25) is 0 Å². The van der Waals surface area contributed by atoms with E-state index in [1.807, 2.05) is 0 Å². The van der Waals surface area contributed by atoms with Gasteiger partial charge in [0.15, 0.2) is 0 Å². The van der Waals surface area contributed by atoms with Crippen molar-refractivity contribution in [1.29, 1.82) is 0 Å². The number of nitrogens with one attached hydrogen (secondary N) is 2. The van der Waals surface area contributed by atoms with E-state index in [0.717, 1.165) is 6.42 Å². The molecule has 1 aliphatic heterocycles. The molecule has 1 aromatic carbocycles. The fourth-order valence-electron chi connectivity index (χ4n) is 2.85. The number of amides is 2. The minimum Gasteiger partial charge on any atom is -0.354 e. The zero-order valence-electron chi connectivity index (χ0n) is 12.4. The number of aryl methyl sites for hydroxylation is 3. The quantitative estimate of drug-likeness (QED) is 0.875. The lowest BCUT2D eigenvalue weighted by Gasteiger charge is -2.14. The van der Waals surface area contributed by atoms with E-state index in [1.165, 1.54) is 22.3 Å². The molecule has 1 unspecified atom stereocenters. The predicted octanol–water partition coefficient (Wildman–Crippen LogP) is 1.55. The first-order valence-electron chi connectivity index (χ1n) is 7.11. The molecule has 0 spiro atoms. The van der Waals surface area contributed by atoms with Crippen LogP contribution in [0.5, 0.6) is 0 Å². The minimum atomic E-state index is -0.345. The lowest BCUT2D eigenvalue weighted by atomic mass is 9.97. The van der Waals surface area contributed by atoms with Crippen LogP contribution in [-0.2, 0) is 16.0 Å². The van der Waals surface area contributed by atoms with Crippen LogP contribution in [0.1, 0.15) is 35.1 Å². The van der Waals surface area contributed by atoms with E-state index in [0.29, 0.717) is 19.4 Å². The summed E-state index contributed by atoms with van der Waals surface area (Å²) in [5.41, 5.74) is 5.10. The van der Waals surface area contributed by atoms with Crippen LogP contribution in [0.3, 0.4) is 0 Å². The van der Waals surface area contributed by atoms with Crippen LogP contribution in [-0.4, -0.2) is 24.4 Å². The molecule has 1 aromatic rings. The number of hydrogen-bond donors (Lipinski definition) is 2. The fraction of sp³-hybridized carbons (Fsp3) is 0.500. The fourth-order valence-corrected chi connectivity index (χ4v) is 2.85. The second kappa shape index (κ2) is 6.07. The van der Waals surface area contributed by atoms with E-state index < -0.39 is 0 Å². The third kappa shape index (κ3) is 3.38. The number of benzene rings is 1. The Hall–Kier alpha value is -1.84. The molecule has 4 nitrogen and oxygen atoms in total. The minimum absolute atomic E-state index is 0.0321. The molecule has 1 aliphatic rings. The number of carbonyl (C=O) groups is 2. The van der Waals surface area contributed by atoms with Gasteiger partial charge in [-0.2, -0.15) is 0 Å². The average molecular weight is 274 g/mol. The molecule has 108 valence electrons. The smallest absolute Gasteiger partial charge is 0.242 e. The molecule has 20 heavy (non-hydrogen) atoms. The van der Waals surface area contributed by atoms with Gasteiger partial charge >= 0.3 is 0 Å². The third-order valence-electron chi connectivity index (χ3n) is 3.83. The zero-order valence-corrected chi connectivity index (χ0v) is 12.4. The molecule has 1 atom stereocenters. The van der Waals surface area contributed by atoms with Gasteiger partial charge in [0.1, 0.15) is 6.04 Å². The normalized spacial score (nSPS) is 17.9. The van der Waals surface area contributed by atoms with Crippen LogP contribution >= 0.6 is 0 Å². The second-order valence-electron chi connectivity index (χ2n) is 5.58. The van der Waals surface area contributed by atoms with E-state index in [4.69, 9.17) is 0 Å². The molecule has 0 bridgehead atoms. The molecule has 1 saturated heterocycles. The molecule has 4 heteroatoms. The van der Waals surface area contributed by atoms with Gasteiger partial charge in [-0.05, 0) is 50.3 Å². The van der Waals surface area contributed by atoms with Crippen molar-refractivity contribution in [3.05, 3.63) is 34.4 Å². The second-order valence-corrected chi connectivity index (χ2v) is 5.58. The first-order valence-corrected chi connectivity index (χ1v) is 7.11. The Morgan fingerprint density at radius 3 is 2.50 bits per heavy atom. The number of carbonyl (C=O) groups excluding carboxylic acids is 2. The van der Waals surface area contributed by atoms with Crippen molar-refractivity contribution in [2.75, 3.05) is 6.54 Å². The van der Waals surface area contributed by atoms with Crippen LogP contribution in [0.15, 0.2) is 12.1 Å². The zero-order chi connectivity index (χ0) is 14.7. The van der Waals surface area contributed by atoms with Gasteiger partial charge in [0.05, 0.1) is 0 Å². The summed E-state index contributed by atoms with van der Waals surface area (Å²) >= 11 is 0. The molecule has 0 radical (unpaired) electrons.